The van der Waals surface area contributed by atoms with E-state index in [1.54, 1.807) is 23.5 Å². The SMILES string of the molecule is CCSC(=S)SC(C)(C)C(CC(C)(C)C(C)(C)C)C(=O)N1CCOCC1. The second-order valence-electron chi connectivity index (χ2n) is 9.22. The van der Waals surface area contributed by atoms with E-state index >= 15 is 0 Å². The van der Waals surface area contributed by atoms with Gasteiger partial charge in [0.15, 0.2) is 0 Å². The maximum Gasteiger partial charge on any atom is 0.227 e. The summed E-state index contributed by atoms with van der Waals surface area (Å²) in [5.74, 6) is 1.15. The van der Waals surface area contributed by atoms with Crippen molar-refractivity contribution < 1.29 is 9.53 Å². The molecule has 1 aliphatic rings. The number of thioether (sulfide) groups is 2. The van der Waals surface area contributed by atoms with Crippen LogP contribution in [-0.2, 0) is 9.53 Å². The molecule has 1 rings (SSSR count). The van der Waals surface area contributed by atoms with Crippen molar-refractivity contribution in [2.45, 2.75) is 66.6 Å². The van der Waals surface area contributed by atoms with Gasteiger partial charge in [0.2, 0.25) is 5.91 Å². The molecule has 152 valence electrons. The van der Waals surface area contributed by atoms with Crippen molar-refractivity contribution in [3.63, 3.8) is 0 Å². The monoisotopic (exact) mass is 419 g/mol. The Balaban J connectivity index is 3.11. The van der Waals surface area contributed by atoms with Gasteiger partial charge in [-0.15, -0.1) is 23.5 Å². The maximum absolute atomic E-state index is 13.5. The number of carbonyl (C=O) groups is 1. The van der Waals surface area contributed by atoms with Gasteiger partial charge in [-0.3, -0.25) is 4.79 Å². The Labute approximate surface area is 174 Å². The van der Waals surface area contributed by atoms with E-state index < -0.39 is 0 Å². The average molecular weight is 420 g/mol. The van der Waals surface area contributed by atoms with Gasteiger partial charge in [-0.1, -0.05) is 53.8 Å². The molecular formula is C20H37NO2S3. The minimum Gasteiger partial charge on any atom is -0.378 e. The zero-order chi connectivity index (χ0) is 20.2. The van der Waals surface area contributed by atoms with Gasteiger partial charge in [-0.2, -0.15) is 0 Å². The first-order chi connectivity index (χ1) is 11.8. The van der Waals surface area contributed by atoms with Crippen LogP contribution in [0.1, 0.15) is 61.8 Å². The molecule has 1 saturated heterocycles. The molecule has 0 N–H and O–H groups in total. The highest BCUT2D eigenvalue weighted by Crippen LogP contribution is 2.48. The summed E-state index contributed by atoms with van der Waals surface area (Å²) in [7, 11) is 0. The second-order valence-corrected chi connectivity index (χ2v) is 13.3. The number of amides is 1. The van der Waals surface area contributed by atoms with Gasteiger partial charge in [0.05, 0.1) is 19.1 Å². The highest BCUT2D eigenvalue weighted by Gasteiger charge is 2.45. The number of thiocarbonyl (C=S) groups is 1. The molecule has 1 amide bonds. The van der Waals surface area contributed by atoms with E-state index in [1.807, 2.05) is 4.90 Å². The van der Waals surface area contributed by atoms with Crippen molar-refractivity contribution in [3.05, 3.63) is 0 Å². The van der Waals surface area contributed by atoms with E-state index in [-0.39, 0.29) is 27.4 Å². The number of rotatable bonds is 6. The molecule has 6 heteroatoms. The van der Waals surface area contributed by atoms with Gasteiger partial charge in [0.25, 0.3) is 0 Å². The van der Waals surface area contributed by atoms with Crippen LogP contribution in [0.15, 0.2) is 0 Å². The summed E-state index contributed by atoms with van der Waals surface area (Å²) in [5.41, 5.74) is 0.160. The third kappa shape index (κ3) is 6.68. The van der Waals surface area contributed by atoms with Crippen molar-refractivity contribution in [1.29, 1.82) is 0 Å². The van der Waals surface area contributed by atoms with Crippen molar-refractivity contribution in [3.8, 4) is 0 Å². The Morgan fingerprint density at radius 2 is 1.65 bits per heavy atom. The maximum atomic E-state index is 13.5. The van der Waals surface area contributed by atoms with Crippen molar-refractivity contribution in [1.82, 2.24) is 4.90 Å². The molecule has 0 aromatic carbocycles. The first-order valence-electron chi connectivity index (χ1n) is 9.54. The number of hydrogen-bond donors (Lipinski definition) is 0. The summed E-state index contributed by atoms with van der Waals surface area (Å²) >= 11 is 8.95. The predicted molar refractivity (Wildman–Crippen MR) is 121 cm³/mol. The number of nitrogens with zero attached hydrogens (tertiary/aromatic N) is 1. The number of morpholine rings is 1. The van der Waals surface area contributed by atoms with E-state index in [2.05, 4.69) is 55.4 Å². The third-order valence-electron chi connectivity index (χ3n) is 5.81. The molecule has 0 aromatic rings. The molecule has 1 fully saturated rings. The quantitative estimate of drug-likeness (QED) is 0.532. The van der Waals surface area contributed by atoms with Gasteiger partial charge in [0, 0.05) is 17.8 Å². The van der Waals surface area contributed by atoms with Crippen LogP contribution < -0.4 is 0 Å². The van der Waals surface area contributed by atoms with Crippen molar-refractivity contribution in [2.24, 2.45) is 16.7 Å². The fraction of sp³-hybridized carbons (Fsp3) is 0.900. The van der Waals surface area contributed by atoms with Crippen LogP contribution in [0.3, 0.4) is 0 Å². The minimum absolute atomic E-state index is 0.0387. The number of ether oxygens (including phenoxy) is 1. The Hall–Kier alpha value is 0.220. The summed E-state index contributed by atoms with van der Waals surface area (Å²) in [6, 6.07) is 0. The van der Waals surface area contributed by atoms with E-state index in [9.17, 15) is 4.79 Å². The summed E-state index contributed by atoms with van der Waals surface area (Å²) in [4.78, 5) is 15.5. The fourth-order valence-electron chi connectivity index (χ4n) is 2.88. The zero-order valence-corrected chi connectivity index (χ0v) is 20.3. The summed E-state index contributed by atoms with van der Waals surface area (Å²) < 4.78 is 6.14. The molecule has 1 unspecified atom stereocenters. The lowest BCUT2D eigenvalue weighted by Gasteiger charge is -2.46. The summed E-state index contributed by atoms with van der Waals surface area (Å²) in [5, 5.41) is 0. The molecule has 1 atom stereocenters. The lowest BCUT2D eigenvalue weighted by atomic mass is 9.63. The largest absolute Gasteiger partial charge is 0.378 e. The summed E-state index contributed by atoms with van der Waals surface area (Å²) in [6.07, 6.45) is 0.853. The fourth-order valence-corrected chi connectivity index (χ4v) is 6.11. The van der Waals surface area contributed by atoms with E-state index in [1.165, 1.54) is 0 Å². The smallest absolute Gasteiger partial charge is 0.227 e. The van der Waals surface area contributed by atoms with Gasteiger partial charge in [0.1, 0.15) is 3.53 Å². The van der Waals surface area contributed by atoms with E-state index in [0.29, 0.717) is 26.3 Å². The molecule has 0 bridgehead atoms. The lowest BCUT2D eigenvalue weighted by molar-refractivity contribution is -0.142. The zero-order valence-electron chi connectivity index (χ0n) is 17.8. The molecular weight excluding hydrogens is 382 g/mol. The average Bonchev–Trinajstić information content (AvgIpc) is 2.51. The van der Waals surface area contributed by atoms with Crippen LogP contribution >= 0.6 is 35.7 Å². The Bertz CT molecular complexity index is 492. The molecule has 0 spiro atoms. The van der Waals surface area contributed by atoms with Gasteiger partial charge in [-0.05, 0) is 36.9 Å². The van der Waals surface area contributed by atoms with Crippen LogP contribution in [0.5, 0.6) is 0 Å². The molecule has 3 nitrogen and oxygen atoms in total. The highest BCUT2D eigenvalue weighted by molar-refractivity contribution is 8.47. The molecule has 26 heavy (non-hydrogen) atoms. The minimum atomic E-state index is -0.239. The standard InChI is InChI=1S/C20H37NO2S3/c1-9-25-17(24)26-20(7,8)15(14-19(5,6)18(2,3)4)16(22)21-10-12-23-13-11-21/h15H,9-14H2,1-8H3. The van der Waals surface area contributed by atoms with Crippen LogP contribution in [0, 0.1) is 16.7 Å². The second kappa shape index (κ2) is 9.62. The van der Waals surface area contributed by atoms with E-state index in [4.69, 9.17) is 17.0 Å². The molecule has 1 heterocycles. The lowest BCUT2D eigenvalue weighted by Crippen LogP contribution is -2.50. The van der Waals surface area contributed by atoms with Crippen LogP contribution in [-0.4, -0.2) is 51.1 Å². The molecule has 0 radical (unpaired) electrons. The Morgan fingerprint density at radius 3 is 2.12 bits per heavy atom. The Kier molecular flexibility index (Phi) is 8.97. The predicted octanol–water partition coefficient (Wildman–Crippen LogP) is 5.47. The van der Waals surface area contributed by atoms with Gasteiger partial charge in [-0.25, -0.2) is 0 Å². The van der Waals surface area contributed by atoms with Gasteiger partial charge < -0.3 is 9.64 Å². The summed E-state index contributed by atoms with van der Waals surface area (Å²) in [6.45, 7) is 20.5. The highest BCUT2D eigenvalue weighted by atomic mass is 32.2. The van der Waals surface area contributed by atoms with Crippen LogP contribution in [0.4, 0.5) is 0 Å². The Morgan fingerprint density at radius 1 is 1.12 bits per heavy atom. The van der Waals surface area contributed by atoms with Crippen LogP contribution in [0.25, 0.3) is 0 Å². The van der Waals surface area contributed by atoms with Gasteiger partial charge >= 0.3 is 0 Å². The van der Waals surface area contributed by atoms with Crippen molar-refractivity contribution >= 4 is 45.2 Å². The molecule has 0 aromatic heterocycles. The topological polar surface area (TPSA) is 29.5 Å². The third-order valence-corrected chi connectivity index (χ3v) is 8.52. The first-order valence-corrected chi connectivity index (χ1v) is 11.7. The number of carbonyl (C=O) groups excluding carboxylic acids is 1. The van der Waals surface area contributed by atoms with Crippen LogP contribution in [0.2, 0.25) is 0 Å². The normalized spacial score (nSPS) is 17.9. The molecule has 0 aliphatic carbocycles. The molecule has 0 saturated carbocycles. The van der Waals surface area contributed by atoms with Crippen molar-refractivity contribution in [2.75, 3.05) is 32.1 Å². The van der Waals surface area contributed by atoms with E-state index in [0.717, 1.165) is 15.7 Å². The molecule has 1 aliphatic heterocycles. The first kappa shape index (κ1) is 24.3. The number of hydrogen-bond acceptors (Lipinski definition) is 5.